The molecule has 0 bridgehead atoms. The molecule has 0 atom stereocenters. The molecule has 5 rings (SSSR count). The Balaban J connectivity index is 1.60. The predicted molar refractivity (Wildman–Crippen MR) is 145 cm³/mol. The number of fused-ring (bicyclic) bond motifs is 1. The van der Waals surface area contributed by atoms with Crippen molar-refractivity contribution in [3.05, 3.63) is 112 Å². The van der Waals surface area contributed by atoms with Crippen molar-refractivity contribution < 1.29 is 19.1 Å². The summed E-state index contributed by atoms with van der Waals surface area (Å²) in [5.74, 6) is -0.992. The number of amides is 4. The van der Waals surface area contributed by atoms with Gasteiger partial charge in [-0.1, -0.05) is 77.8 Å². The average molecular weight is 511 g/mol. The Kier molecular flexibility index (Phi) is 6.51. The third kappa shape index (κ3) is 4.71. The molecule has 1 saturated heterocycles. The van der Waals surface area contributed by atoms with Crippen LogP contribution < -0.4 is 15.0 Å². The van der Waals surface area contributed by atoms with Crippen LogP contribution in [0.15, 0.2) is 84.4 Å². The summed E-state index contributed by atoms with van der Waals surface area (Å²) in [6.45, 7) is 3.93. The summed E-state index contributed by atoms with van der Waals surface area (Å²) in [6.07, 6.45) is 1.49. The largest absolute Gasteiger partial charge is 0.488 e. The number of ether oxygens (including phenoxy) is 1. The Morgan fingerprint density at radius 3 is 2.46 bits per heavy atom. The van der Waals surface area contributed by atoms with E-state index < -0.39 is 17.8 Å². The van der Waals surface area contributed by atoms with Crippen LogP contribution in [0.4, 0.5) is 10.5 Å². The normalized spacial score (nSPS) is 14.8. The molecule has 184 valence electrons. The second kappa shape index (κ2) is 9.91. The molecular weight excluding hydrogens is 488 g/mol. The van der Waals surface area contributed by atoms with Crippen LogP contribution in [0.5, 0.6) is 5.75 Å². The maximum atomic E-state index is 13.6. The van der Waals surface area contributed by atoms with Crippen LogP contribution in [-0.2, 0) is 16.2 Å². The van der Waals surface area contributed by atoms with Gasteiger partial charge in [-0.3, -0.25) is 14.9 Å². The molecular formula is C30H23ClN2O4. The molecule has 4 aromatic rings. The molecule has 1 N–H and O–H groups in total. The summed E-state index contributed by atoms with van der Waals surface area (Å²) in [5, 5.41) is 4.58. The molecule has 7 heteroatoms. The lowest BCUT2D eigenvalue weighted by Crippen LogP contribution is -2.54. The molecule has 0 unspecified atom stereocenters. The minimum Gasteiger partial charge on any atom is -0.488 e. The summed E-state index contributed by atoms with van der Waals surface area (Å²) in [5.41, 5.74) is 3.34. The SMILES string of the molecule is Cc1ccc(N2C(=O)NC(=O)/C(=C\c3c(OCc4ccccc4Cl)ccc4ccccc34)C2=O)c(C)c1. The second-order valence-corrected chi connectivity index (χ2v) is 9.23. The van der Waals surface area contributed by atoms with Gasteiger partial charge in [0.25, 0.3) is 11.8 Å². The minimum absolute atomic E-state index is 0.168. The first kappa shape index (κ1) is 24.3. The van der Waals surface area contributed by atoms with Gasteiger partial charge in [0.05, 0.1) is 5.69 Å². The molecule has 6 nitrogen and oxygen atoms in total. The summed E-state index contributed by atoms with van der Waals surface area (Å²) < 4.78 is 6.14. The monoisotopic (exact) mass is 510 g/mol. The van der Waals surface area contributed by atoms with E-state index in [2.05, 4.69) is 5.32 Å². The van der Waals surface area contributed by atoms with Crippen LogP contribution in [0.3, 0.4) is 0 Å². The van der Waals surface area contributed by atoms with Crippen LogP contribution in [0.1, 0.15) is 22.3 Å². The van der Waals surface area contributed by atoms with E-state index >= 15 is 0 Å². The number of barbiturate groups is 1. The van der Waals surface area contributed by atoms with Crippen molar-refractivity contribution in [2.24, 2.45) is 0 Å². The molecule has 1 heterocycles. The third-order valence-electron chi connectivity index (χ3n) is 6.26. The number of carbonyl (C=O) groups is 3. The first-order valence-corrected chi connectivity index (χ1v) is 12.1. The molecule has 1 fully saturated rings. The fourth-order valence-electron chi connectivity index (χ4n) is 4.40. The van der Waals surface area contributed by atoms with E-state index in [9.17, 15) is 14.4 Å². The first-order chi connectivity index (χ1) is 17.8. The predicted octanol–water partition coefficient (Wildman–Crippen LogP) is 6.36. The minimum atomic E-state index is -0.785. The van der Waals surface area contributed by atoms with Crippen LogP contribution >= 0.6 is 11.6 Å². The number of nitrogens with zero attached hydrogens (tertiary/aromatic N) is 1. The quantitative estimate of drug-likeness (QED) is 0.250. The van der Waals surface area contributed by atoms with Gasteiger partial charge in [-0.15, -0.1) is 0 Å². The lowest BCUT2D eigenvalue weighted by Gasteiger charge is -2.28. The second-order valence-electron chi connectivity index (χ2n) is 8.83. The van der Waals surface area contributed by atoms with Gasteiger partial charge < -0.3 is 4.74 Å². The van der Waals surface area contributed by atoms with E-state index in [-0.39, 0.29) is 12.2 Å². The molecule has 1 aliphatic rings. The van der Waals surface area contributed by atoms with Gasteiger partial charge in [0, 0.05) is 16.1 Å². The van der Waals surface area contributed by atoms with Crippen LogP contribution in [0.25, 0.3) is 16.8 Å². The molecule has 0 aliphatic carbocycles. The highest BCUT2D eigenvalue weighted by atomic mass is 35.5. The van der Waals surface area contributed by atoms with E-state index in [0.717, 1.165) is 32.4 Å². The van der Waals surface area contributed by atoms with Gasteiger partial charge in [0.15, 0.2) is 0 Å². The van der Waals surface area contributed by atoms with Gasteiger partial charge in [0.1, 0.15) is 17.9 Å². The lowest BCUT2D eigenvalue weighted by atomic mass is 9.99. The number of halogens is 1. The smallest absolute Gasteiger partial charge is 0.335 e. The van der Waals surface area contributed by atoms with Crippen molar-refractivity contribution in [2.75, 3.05) is 4.90 Å². The molecule has 0 spiro atoms. The van der Waals surface area contributed by atoms with E-state index in [1.54, 1.807) is 18.2 Å². The first-order valence-electron chi connectivity index (χ1n) is 11.7. The standard InChI is InChI=1S/C30H23ClN2O4/c1-18-11-13-26(19(2)15-18)33-29(35)24(28(34)32-30(33)36)16-23-22-9-5-3-7-20(22)12-14-27(23)37-17-21-8-4-6-10-25(21)31/h3-16H,17H2,1-2H3,(H,32,34,36)/b24-16+. The van der Waals surface area contributed by atoms with E-state index in [1.807, 2.05) is 74.5 Å². The molecule has 4 aromatic carbocycles. The highest BCUT2D eigenvalue weighted by molar-refractivity contribution is 6.39. The Bertz CT molecular complexity index is 1610. The number of carbonyl (C=O) groups excluding carboxylic acids is 3. The van der Waals surface area contributed by atoms with Gasteiger partial charge in [-0.25, -0.2) is 9.69 Å². The lowest BCUT2D eigenvalue weighted by molar-refractivity contribution is -0.122. The summed E-state index contributed by atoms with van der Waals surface area (Å²) in [6, 6.07) is 23.3. The van der Waals surface area contributed by atoms with E-state index in [4.69, 9.17) is 16.3 Å². The third-order valence-corrected chi connectivity index (χ3v) is 6.62. The van der Waals surface area contributed by atoms with Crippen molar-refractivity contribution in [3.8, 4) is 5.75 Å². The number of hydrogen-bond acceptors (Lipinski definition) is 4. The van der Waals surface area contributed by atoms with Crippen LogP contribution in [0.2, 0.25) is 5.02 Å². The zero-order valence-corrected chi connectivity index (χ0v) is 21.0. The van der Waals surface area contributed by atoms with Crippen molar-refractivity contribution in [2.45, 2.75) is 20.5 Å². The summed E-state index contributed by atoms with van der Waals surface area (Å²) in [4.78, 5) is 40.2. The number of anilines is 1. The zero-order chi connectivity index (χ0) is 26.1. The molecule has 4 amide bonds. The number of nitrogens with one attached hydrogen (secondary N) is 1. The highest BCUT2D eigenvalue weighted by Crippen LogP contribution is 2.33. The van der Waals surface area contributed by atoms with Gasteiger partial charge >= 0.3 is 6.03 Å². The van der Waals surface area contributed by atoms with E-state index in [1.165, 1.54) is 6.08 Å². The maximum Gasteiger partial charge on any atom is 0.335 e. The number of rotatable bonds is 5. The van der Waals surface area contributed by atoms with Gasteiger partial charge in [-0.2, -0.15) is 0 Å². The van der Waals surface area contributed by atoms with Crippen molar-refractivity contribution in [1.29, 1.82) is 0 Å². The Morgan fingerprint density at radius 2 is 1.68 bits per heavy atom. The Morgan fingerprint density at radius 1 is 0.919 bits per heavy atom. The Hall–Kier alpha value is -4.42. The summed E-state index contributed by atoms with van der Waals surface area (Å²) in [7, 11) is 0. The maximum absolute atomic E-state index is 13.6. The van der Waals surface area contributed by atoms with Crippen molar-refractivity contribution >= 4 is 52.0 Å². The molecule has 0 radical (unpaired) electrons. The zero-order valence-electron chi connectivity index (χ0n) is 20.2. The van der Waals surface area contributed by atoms with Crippen LogP contribution in [-0.4, -0.2) is 17.8 Å². The molecule has 0 saturated carbocycles. The van der Waals surface area contributed by atoms with Crippen molar-refractivity contribution in [3.63, 3.8) is 0 Å². The van der Waals surface area contributed by atoms with Gasteiger partial charge in [-0.05, 0) is 54.5 Å². The van der Waals surface area contributed by atoms with Gasteiger partial charge in [0.2, 0.25) is 0 Å². The molecule has 37 heavy (non-hydrogen) atoms. The fraction of sp³-hybridized carbons (Fsp3) is 0.100. The fourth-order valence-corrected chi connectivity index (χ4v) is 4.59. The highest BCUT2D eigenvalue weighted by Gasteiger charge is 2.37. The average Bonchev–Trinajstić information content (AvgIpc) is 2.87. The number of benzene rings is 4. The Labute approximate surface area is 219 Å². The number of urea groups is 1. The molecule has 1 aliphatic heterocycles. The topological polar surface area (TPSA) is 75.7 Å². The number of imide groups is 2. The van der Waals surface area contributed by atoms with E-state index in [0.29, 0.717) is 22.0 Å². The molecule has 0 aromatic heterocycles. The summed E-state index contributed by atoms with van der Waals surface area (Å²) >= 11 is 6.30. The number of aryl methyl sites for hydroxylation is 2. The number of hydrogen-bond donors (Lipinski definition) is 1. The van der Waals surface area contributed by atoms with Crippen LogP contribution in [0, 0.1) is 13.8 Å². The van der Waals surface area contributed by atoms with Crippen molar-refractivity contribution in [1.82, 2.24) is 5.32 Å².